The van der Waals surface area contributed by atoms with E-state index in [0.717, 1.165) is 24.0 Å². The lowest BCUT2D eigenvalue weighted by Crippen LogP contribution is -2.20. The van der Waals surface area contributed by atoms with Crippen molar-refractivity contribution < 1.29 is 4.39 Å². The largest absolute Gasteiger partial charge is 0.330 e. The van der Waals surface area contributed by atoms with Crippen LogP contribution in [-0.2, 0) is 5.41 Å². The first-order valence-corrected chi connectivity index (χ1v) is 5.54. The van der Waals surface area contributed by atoms with Gasteiger partial charge in [0.2, 0.25) is 0 Å². The second kappa shape index (κ2) is 3.31. The third kappa shape index (κ3) is 1.48. The summed E-state index contributed by atoms with van der Waals surface area (Å²) in [6, 6.07) is 3.58. The topological polar surface area (TPSA) is 26.0 Å². The van der Waals surface area contributed by atoms with Crippen molar-refractivity contribution in [1.82, 2.24) is 0 Å². The number of aryl methyl sites for hydroxylation is 1. The number of hydrogen-bond donors (Lipinski definition) is 1. The van der Waals surface area contributed by atoms with Crippen LogP contribution in [0.1, 0.15) is 24.0 Å². The summed E-state index contributed by atoms with van der Waals surface area (Å²) >= 11 is 3.30. The minimum Gasteiger partial charge on any atom is -0.330 e. The fourth-order valence-corrected chi connectivity index (χ4v) is 2.49. The van der Waals surface area contributed by atoms with E-state index in [9.17, 15) is 4.39 Å². The summed E-state index contributed by atoms with van der Waals surface area (Å²) < 4.78 is 14.0. The van der Waals surface area contributed by atoms with Gasteiger partial charge >= 0.3 is 0 Å². The van der Waals surface area contributed by atoms with E-state index in [0.29, 0.717) is 11.0 Å². The van der Waals surface area contributed by atoms with Crippen LogP contribution in [0.25, 0.3) is 0 Å². The highest BCUT2D eigenvalue weighted by Gasteiger charge is 2.44. The van der Waals surface area contributed by atoms with Crippen LogP contribution >= 0.6 is 15.9 Å². The molecule has 0 radical (unpaired) electrons. The first-order chi connectivity index (χ1) is 6.59. The van der Waals surface area contributed by atoms with Crippen molar-refractivity contribution in [2.24, 2.45) is 5.73 Å². The average molecular weight is 258 g/mol. The van der Waals surface area contributed by atoms with Crippen molar-refractivity contribution in [3.8, 4) is 0 Å². The number of nitrogens with two attached hydrogens (primary N) is 1. The molecule has 0 amide bonds. The lowest BCUT2D eigenvalue weighted by Gasteiger charge is -2.16. The van der Waals surface area contributed by atoms with Gasteiger partial charge < -0.3 is 5.73 Å². The molecule has 1 nitrogen and oxygen atoms in total. The number of rotatable bonds is 2. The van der Waals surface area contributed by atoms with Crippen molar-refractivity contribution in [3.05, 3.63) is 33.5 Å². The highest BCUT2D eigenvalue weighted by Crippen LogP contribution is 2.50. The molecule has 0 heterocycles. The molecule has 0 saturated heterocycles. The van der Waals surface area contributed by atoms with Gasteiger partial charge in [-0.1, -0.05) is 6.07 Å². The average Bonchev–Trinajstić information content (AvgIpc) is 2.92. The molecule has 0 atom stereocenters. The summed E-state index contributed by atoms with van der Waals surface area (Å²) in [6.07, 6.45) is 2.15. The van der Waals surface area contributed by atoms with Crippen LogP contribution in [0.2, 0.25) is 0 Å². The summed E-state index contributed by atoms with van der Waals surface area (Å²) in [5.41, 5.74) is 7.77. The molecule has 3 heteroatoms. The van der Waals surface area contributed by atoms with E-state index < -0.39 is 0 Å². The molecule has 1 aliphatic carbocycles. The van der Waals surface area contributed by atoms with E-state index >= 15 is 0 Å². The maximum absolute atomic E-state index is 13.4. The lowest BCUT2D eigenvalue weighted by molar-refractivity contribution is 0.606. The first-order valence-electron chi connectivity index (χ1n) is 4.75. The zero-order chi connectivity index (χ0) is 10.3. The molecule has 1 fully saturated rings. The van der Waals surface area contributed by atoms with Crippen LogP contribution in [0.3, 0.4) is 0 Å². The quantitative estimate of drug-likeness (QED) is 0.867. The molecule has 1 aromatic carbocycles. The third-order valence-corrected chi connectivity index (χ3v) is 3.79. The second-order valence-electron chi connectivity index (χ2n) is 4.09. The molecular weight excluding hydrogens is 245 g/mol. The van der Waals surface area contributed by atoms with Crippen LogP contribution in [0.4, 0.5) is 4.39 Å². The Morgan fingerprint density at radius 2 is 2.14 bits per heavy atom. The van der Waals surface area contributed by atoms with Crippen molar-refractivity contribution in [3.63, 3.8) is 0 Å². The fraction of sp³-hybridized carbons (Fsp3) is 0.455. The van der Waals surface area contributed by atoms with Crippen LogP contribution in [0, 0.1) is 12.7 Å². The predicted octanol–water partition coefficient (Wildman–Crippen LogP) is 2.89. The molecule has 0 aliphatic heterocycles. The molecule has 0 unspecified atom stereocenters. The van der Waals surface area contributed by atoms with Crippen LogP contribution in [0.5, 0.6) is 0 Å². The van der Waals surface area contributed by atoms with Gasteiger partial charge in [-0.05, 0) is 52.9 Å². The summed E-state index contributed by atoms with van der Waals surface area (Å²) in [5, 5.41) is 0. The lowest BCUT2D eigenvalue weighted by atomic mass is 9.94. The molecule has 1 saturated carbocycles. The maximum atomic E-state index is 13.4. The van der Waals surface area contributed by atoms with Crippen molar-refractivity contribution in [2.45, 2.75) is 25.2 Å². The van der Waals surface area contributed by atoms with Gasteiger partial charge in [0.05, 0.1) is 4.47 Å². The molecule has 0 bridgehead atoms. The van der Waals surface area contributed by atoms with Crippen molar-refractivity contribution in [2.75, 3.05) is 6.54 Å². The second-order valence-corrected chi connectivity index (χ2v) is 4.89. The fourth-order valence-electron chi connectivity index (χ4n) is 1.84. The van der Waals surface area contributed by atoms with Gasteiger partial charge in [-0.2, -0.15) is 0 Å². The number of benzene rings is 1. The van der Waals surface area contributed by atoms with Gasteiger partial charge in [-0.25, -0.2) is 4.39 Å². The van der Waals surface area contributed by atoms with Crippen molar-refractivity contribution in [1.29, 1.82) is 0 Å². The summed E-state index contributed by atoms with van der Waals surface area (Å²) in [6.45, 7) is 2.51. The molecule has 2 N–H and O–H groups in total. The number of hydrogen-bond acceptors (Lipinski definition) is 1. The minimum atomic E-state index is -0.181. The molecule has 14 heavy (non-hydrogen) atoms. The van der Waals surface area contributed by atoms with Gasteiger partial charge in [0.1, 0.15) is 5.82 Å². The Balaban J connectivity index is 2.52. The normalized spacial score (nSPS) is 18.3. The molecule has 1 aliphatic rings. The van der Waals surface area contributed by atoms with Gasteiger partial charge in [0, 0.05) is 12.0 Å². The van der Waals surface area contributed by atoms with E-state index in [1.165, 1.54) is 0 Å². The standard InChI is InChI=1S/C11H13BrFN/c1-7-4-8(10(12)9(13)5-7)11(6-14)2-3-11/h4-5H,2-3,6,14H2,1H3. The van der Waals surface area contributed by atoms with Crippen LogP contribution in [-0.4, -0.2) is 6.54 Å². The van der Waals surface area contributed by atoms with Gasteiger partial charge in [-0.15, -0.1) is 0 Å². The number of halogens is 2. The predicted molar refractivity (Wildman–Crippen MR) is 58.8 cm³/mol. The Bertz CT molecular complexity index is 372. The van der Waals surface area contributed by atoms with E-state index in [2.05, 4.69) is 15.9 Å². The monoisotopic (exact) mass is 257 g/mol. The Morgan fingerprint density at radius 1 is 1.50 bits per heavy atom. The highest BCUT2D eigenvalue weighted by molar-refractivity contribution is 9.10. The van der Waals surface area contributed by atoms with Gasteiger partial charge in [0.15, 0.2) is 0 Å². The zero-order valence-electron chi connectivity index (χ0n) is 8.11. The minimum absolute atomic E-state index is 0.0473. The smallest absolute Gasteiger partial charge is 0.137 e. The Morgan fingerprint density at radius 3 is 2.64 bits per heavy atom. The first kappa shape index (κ1) is 10.1. The highest BCUT2D eigenvalue weighted by atomic mass is 79.9. The molecule has 2 rings (SSSR count). The van der Waals surface area contributed by atoms with Crippen LogP contribution in [0.15, 0.2) is 16.6 Å². The van der Waals surface area contributed by atoms with Gasteiger partial charge in [-0.3, -0.25) is 0 Å². The SMILES string of the molecule is Cc1cc(F)c(Br)c(C2(CN)CC2)c1. The van der Waals surface area contributed by atoms with Gasteiger partial charge in [0.25, 0.3) is 0 Å². The molecule has 1 aromatic rings. The molecule has 0 spiro atoms. The van der Waals surface area contributed by atoms with E-state index in [4.69, 9.17) is 5.73 Å². The zero-order valence-corrected chi connectivity index (χ0v) is 9.70. The van der Waals surface area contributed by atoms with Crippen LogP contribution < -0.4 is 5.73 Å². The van der Waals surface area contributed by atoms with E-state index in [1.54, 1.807) is 6.07 Å². The van der Waals surface area contributed by atoms with E-state index in [-0.39, 0.29) is 11.2 Å². The van der Waals surface area contributed by atoms with E-state index in [1.807, 2.05) is 13.0 Å². The molecule has 0 aromatic heterocycles. The Hall–Kier alpha value is -0.410. The third-order valence-electron chi connectivity index (χ3n) is 2.99. The van der Waals surface area contributed by atoms with Crippen molar-refractivity contribution >= 4 is 15.9 Å². The molecular formula is C11H13BrFN. The summed E-state index contributed by atoms with van der Waals surface area (Å²) in [5.74, 6) is -0.181. The maximum Gasteiger partial charge on any atom is 0.137 e. The summed E-state index contributed by atoms with van der Waals surface area (Å²) in [7, 11) is 0. The Kier molecular flexibility index (Phi) is 2.40. The summed E-state index contributed by atoms with van der Waals surface area (Å²) in [4.78, 5) is 0. The molecule has 76 valence electrons. The Labute approximate surface area is 91.6 Å².